The van der Waals surface area contributed by atoms with E-state index in [2.05, 4.69) is 14.9 Å². The van der Waals surface area contributed by atoms with Crippen molar-refractivity contribution in [1.29, 1.82) is 5.26 Å². The summed E-state index contributed by atoms with van der Waals surface area (Å²) in [6.45, 7) is 1.56. The van der Waals surface area contributed by atoms with Gasteiger partial charge in [-0.3, -0.25) is 9.82 Å². The fraction of sp³-hybridized carbons (Fsp3) is 0.0909. The molecule has 2 rings (SSSR count). The second-order valence-electron chi connectivity index (χ2n) is 3.77. The summed E-state index contributed by atoms with van der Waals surface area (Å²) in [6.07, 6.45) is 1.17. The molecule has 0 atom stereocenters. The average Bonchev–Trinajstić information content (AvgIpc) is 2.78. The van der Waals surface area contributed by atoms with E-state index in [1.807, 2.05) is 0 Å². The number of aromatic amines is 1. The van der Waals surface area contributed by atoms with Crippen LogP contribution in [0.4, 0.5) is 10.1 Å². The van der Waals surface area contributed by atoms with Crippen molar-refractivity contribution < 1.29 is 12.8 Å². The largest absolute Gasteiger partial charge is 0.281 e. The molecule has 0 bridgehead atoms. The van der Waals surface area contributed by atoms with Gasteiger partial charge < -0.3 is 0 Å². The van der Waals surface area contributed by atoms with Crippen LogP contribution in [-0.2, 0) is 10.0 Å². The maximum Gasteiger partial charge on any atom is 0.265 e. The van der Waals surface area contributed by atoms with Gasteiger partial charge in [-0.25, -0.2) is 12.8 Å². The minimum Gasteiger partial charge on any atom is -0.281 e. The van der Waals surface area contributed by atoms with Crippen LogP contribution in [0.25, 0.3) is 0 Å². The lowest BCUT2D eigenvalue weighted by atomic mass is 10.2. The van der Waals surface area contributed by atoms with E-state index in [1.54, 1.807) is 13.0 Å². The standard InChI is InChI=1S/C11H9FN4O2S/c1-7-11(6-14-15-7)19(17,18)16-9-2-3-10(12)8(4-9)5-13/h2-4,6,16H,1H3,(H,14,15). The number of rotatable bonds is 3. The third-order valence-corrected chi connectivity index (χ3v) is 3.91. The summed E-state index contributed by atoms with van der Waals surface area (Å²) < 4.78 is 39.4. The normalized spacial score (nSPS) is 11.0. The molecule has 8 heteroatoms. The third-order valence-electron chi connectivity index (χ3n) is 2.41. The molecule has 2 aromatic rings. The number of nitrogens with one attached hydrogen (secondary N) is 2. The summed E-state index contributed by atoms with van der Waals surface area (Å²) in [7, 11) is -3.81. The number of nitrogens with zero attached hydrogens (tertiary/aromatic N) is 2. The summed E-state index contributed by atoms with van der Waals surface area (Å²) in [4.78, 5) is -0.00432. The number of H-pyrrole nitrogens is 1. The van der Waals surface area contributed by atoms with Gasteiger partial charge in [0.25, 0.3) is 10.0 Å². The topological polar surface area (TPSA) is 98.6 Å². The van der Waals surface area contributed by atoms with Gasteiger partial charge in [0.15, 0.2) is 0 Å². The second-order valence-corrected chi connectivity index (χ2v) is 5.42. The van der Waals surface area contributed by atoms with Crippen LogP contribution >= 0.6 is 0 Å². The Morgan fingerprint density at radius 2 is 2.21 bits per heavy atom. The fourth-order valence-corrected chi connectivity index (χ4v) is 2.68. The Bertz CT molecular complexity index is 761. The highest BCUT2D eigenvalue weighted by atomic mass is 32.2. The number of aryl methyl sites for hydroxylation is 1. The lowest BCUT2D eigenvalue weighted by Gasteiger charge is -2.07. The molecule has 0 fully saturated rings. The highest BCUT2D eigenvalue weighted by Crippen LogP contribution is 2.19. The molecule has 1 aromatic heterocycles. The number of hydrogen-bond donors (Lipinski definition) is 2. The van der Waals surface area contributed by atoms with Crippen molar-refractivity contribution in [2.75, 3.05) is 4.72 Å². The van der Waals surface area contributed by atoms with Crippen molar-refractivity contribution in [1.82, 2.24) is 10.2 Å². The van der Waals surface area contributed by atoms with Crippen molar-refractivity contribution in [3.8, 4) is 6.07 Å². The molecule has 0 amide bonds. The number of benzene rings is 1. The number of nitriles is 1. The van der Waals surface area contributed by atoms with Crippen LogP contribution in [0.15, 0.2) is 29.3 Å². The lowest BCUT2D eigenvalue weighted by molar-refractivity contribution is 0.600. The summed E-state index contributed by atoms with van der Waals surface area (Å²) in [6, 6.07) is 5.03. The van der Waals surface area contributed by atoms with Gasteiger partial charge in [-0.05, 0) is 25.1 Å². The van der Waals surface area contributed by atoms with Crippen LogP contribution in [0.2, 0.25) is 0 Å². The Labute approximate surface area is 108 Å². The number of aromatic nitrogens is 2. The number of hydrogen-bond acceptors (Lipinski definition) is 4. The van der Waals surface area contributed by atoms with Gasteiger partial charge in [-0.15, -0.1) is 0 Å². The Balaban J connectivity index is 2.37. The van der Waals surface area contributed by atoms with Crippen molar-refractivity contribution in [3.63, 3.8) is 0 Å². The quantitative estimate of drug-likeness (QED) is 0.890. The number of anilines is 1. The maximum absolute atomic E-state index is 13.1. The van der Waals surface area contributed by atoms with Crippen LogP contribution in [0.1, 0.15) is 11.3 Å². The first-order valence-electron chi connectivity index (χ1n) is 5.16. The maximum atomic E-state index is 13.1. The van der Waals surface area contributed by atoms with E-state index in [0.29, 0.717) is 5.69 Å². The molecule has 1 aromatic carbocycles. The average molecular weight is 280 g/mol. The van der Waals surface area contributed by atoms with Gasteiger partial charge in [-0.2, -0.15) is 10.4 Å². The molecule has 6 nitrogen and oxygen atoms in total. The van der Waals surface area contributed by atoms with Gasteiger partial charge in [-0.1, -0.05) is 0 Å². The predicted molar refractivity (Wildman–Crippen MR) is 65.2 cm³/mol. The SMILES string of the molecule is Cc1[nH]ncc1S(=O)(=O)Nc1ccc(F)c(C#N)c1. The molecule has 0 aliphatic heterocycles. The van der Waals surface area contributed by atoms with Crippen LogP contribution in [0.3, 0.4) is 0 Å². The zero-order chi connectivity index (χ0) is 14.0. The Morgan fingerprint density at radius 3 is 2.79 bits per heavy atom. The molecule has 0 spiro atoms. The summed E-state index contributed by atoms with van der Waals surface area (Å²) >= 11 is 0. The van der Waals surface area contributed by atoms with Gasteiger partial charge >= 0.3 is 0 Å². The minimum atomic E-state index is -3.81. The first kappa shape index (κ1) is 13.0. The third kappa shape index (κ3) is 2.56. The minimum absolute atomic E-state index is 0.00432. The smallest absolute Gasteiger partial charge is 0.265 e. The molecule has 98 valence electrons. The van der Waals surface area contributed by atoms with Gasteiger partial charge in [0.2, 0.25) is 0 Å². The molecule has 0 unspecified atom stereocenters. The number of halogens is 1. The van der Waals surface area contributed by atoms with Crippen LogP contribution < -0.4 is 4.72 Å². The Kier molecular flexibility index (Phi) is 3.23. The monoisotopic (exact) mass is 280 g/mol. The molecular formula is C11H9FN4O2S. The molecule has 0 saturated carbocycles. The molecule has 0 aliphatic carbocycles. The lowest BCUT2D eigenvalue weighted by Crippen LogP contribution is -2.13. The van der Waals surface area contributed by atoms with E-state index in [4.69, 9.17) is 5.26 Å². The first-order valence-corrected chi connectivity index (χ1v) is 6.65. The van der Waals surface area contributed by atoms with Gasteiger partial charge in [0.1, 0.15) is 16.8 Å². The van der Waals surface area contributed by atoms with E-state index in [0.717, 1.165) is 12.1 Å². The van der Waals surface area contributed by atoms with E-state index in [-0.39, 0.29) is 16.1 Å². The van der Waals surface area contributed by atoms with Gasteiger partial charge in [0, 0.05) is 0 Å². The summed E-state index contributed by atoms with van der Waals surface area (Å²) in [5.41, 5.74) is 0.262. The Hall–Kier alpha value is -2.40. The zero-order valence-electron chi connectivity index (χ0n) is 9.81. The summed E-state index contributed by atoms with van der Waals surface area (Å²) in [5.74, 6) is -0.704. The van der Waals surface area contributed by atoms with Crippen LogP contribution in [0.5, 0.6) is 0 Å². The zero-order valence-corrected chi connectivity index (χ0v) is 10.6. The second kappa shape index (κ2) is 4.70. The Morgan fingerprint density at radius 1 is 1.47 bits per heavy atom. The molecule has 0 radical (unpaired) electrons. The fourth-order valence-electron chi connectivity index (χ4n) is 1.50. The van der Waals surface area contributed by atoms with E-state index < -0.39 is 15.8 Å². The highest BCUT2D eigenvalue weighted by Gasteiger charge is 2.19. The molecular weight excluding hydrogens is 271 g/mol. The highest BCUT2D eigenvalue weighted by molar-refractivity contribution is 7.92. The van der Waals surface area contributed by atoms with E-state index in [9.17, 15) is 12.8 Å². The van der Waals surface area contributed by atoms with Crippen LogP contribution in [0, 0.1) is 24.1 Å². The van der Waals surface area contributed by atoms with Crippen molar-refractivity contribution >= 4 is 15.7 Å². The van der Waals surface area contributed by atoms with E-state index in [1.165, 1.54) is 12.3 Å². The van der Waals surface area contributed by atoms with Crippen LogP contribution in [-0.4, -0.2) is 18.6 Å². The molecule has 19 heavy (non-hydrogen) atoms. The molecule has 0 aliphatic rings. The predicted octanol–water partition coefficient (Wildman–Crippen LogP) is 1.53. The molecule has 0 saturated heterocycles. The van der Waals surface area contributed by atoms with Crippen molar-refractivity contribution in [2.45, 2.75) is 11.8 Å². The molecule has 1 heterocycles. The van der Waals surface area contributed by atoms with Crippen molar-refractivity contribution in [3.05, 3.63) is 41.5 Å². The van der Waals surface area contributed by atoms with Gasteiger partial charge in [0.05, 0.1) is 23.1 Å². The first-order chi connectivity index (χ1) is 8.94. The van der Waals surface area contributed by atoms with E-state index >= 15 is 0 Å². The number of sulfonamides is 1. The summed E-state index contributed by atoms with van der Waals surface area (Å²) in [5, 5.41) is 14.8. The van der Waals surface area contributed by atoms with Crippen molar-refractivity contribution in [2.24, 2.45) is 0 Å². The molecule has 2 N–H and O–H groups in total.